The third kappa shape index (κ3) is 9.51. The van der Waals surface area contributed by atoms with Gasteiger partial charge in [0.15, 0.2) is 0 Å². The summed E-state index contributed by atoms with van der Waals surface area (Å²) in [5.41, 5.74) is 0. The Bertz CT molecular complexity index is 613. The maximum Gasteiger partial charge on any atom is 0.397 e. The minimum Gasteiger partial charge on any atom is -0.388 e. The summed E-state index contributed by atoms with van der Waals surface area (Å²) >= 11 is 0. The zero-order chi connectivity index (χ0) is 18.4. The molecule has 4 atom stereocenters. The van der Waals surface area contributed by atoms with Gasteiger partial charge in [-0.15, -0.1) is 0 Å². The number of hydrogen-bond donors (Lipinski definition) is 5. The molecule has 0 spiro atoms. The quantitative estimate of drug-likeness (QED) is 0.183. The number of nitrogens with one attached hydrogen (secondary N) is 1. The van der Waals surface area contributed by atoms with E-state index in [4.69, 9.17) is 9.11 Å². The molecule has 0 rings (SSSR count). The fourth-order valence-corrected chi connectivity index (χ4v) is 2.20. The minimum absolute atomic E-state index is 0.0587. The predicted molar refractivity (Wildman–Crippen MR) is 69.6 cm³/mol. The highest BCUT2D eigenvalue weighted by Crippen LogP contribution is 2.12. The molecule has 15 heteroatoms. The first-order valence-electron chi connectivity index (χ1n) is 5.63. The first-order valence-corrected chi connectivity index (χ1v) is 8.36. The highest BCUT2D eigenvalue weighted by atomic mass is 32.3. The van der Waals surface area contributed by atoms with Gasteiger partial charge in [0.05, 0.1) is 6.61 Å². The van der Waals surface area contributed by atoms with Gasteiger partial charge in [-0.25, -0.2) is 8.37 Å². The van der Waals surface area contributed by atoms with Gasteiger partial charge in [-0.1, -0.05) is 0 Å². The normalized spacial score (nSPS) is 17.8. The third-order valence-corrected chi connectivity index (χ3v) is 3.12. The Balaban J connectivity index is 5.31. The van der Waals surface area contributed by atoms with E-state index < -0.39 is 57.7 Å². The van der Waals surface area contributed by atoms with Crippen LogP contribution in [0.2, 0.25) is 0 Å². The molecule has 0 aromatic carbocycles. The van der Waals surface area contributed by atoms with Gasteiger partial charge in [0.25, 0.3) is 0 Å². The van der Waals surface area contributed by atoms with Crippen LogP contribution >= 0.6 is 0 Å². The first-order chi connectivity index (χ1) is 10.3. The van der Waals surface area contributed by atoms with Gasteiger partial charge in [0.2, 0.25) is 5.91 Å². The number of aldehydes is 1. The maximum absolute atomic E-state index is 10.9. The van der Waals surface area contributed by atoms with E-state index in [-0.39, 0.29) is 6.29 Å². The number of aliphatic hydroxyl groups is 2. The van der Waals surface area contributed by atoms with Crippen LogP contribution in [0.1, 0.15) is 6.92 Å². The number of aliphatic hydroxyl groups excluding tert-OH is 2. The molecule has 0 aromatic heterocycles. The lowest BCUT2D eigenvalue weighted by molar-refractivity contribution is -0.128. The Hall–Kier alpha value is -1.20. The molecule has 0 aliphatic heterocycles. The topological polar surface area (TPSA) is 214 Å². The molecule has 5 N–H and O–H groups in total. The van der Waals surface area contributed by atoms with E-state index in [0.717, 1.165) is 6.92 Å². The Kier molecular flexibility index (Phi) is 8.15. The summed E-state index contributed by atoms with van der Waals surface area (Å²) in [6, 6.07) is -1.83. The molecule has 0 heterocycles. The van der Waals surface area contributed by atoms with Gasteiger partial charge in [-0.05, 0) is 0 Å². The monoisotopic (exact) mass is 381 g/mol. The van der Waals surface area contributed by atoms with Crippen molar-refractivity contribution >= 4 is 33.0 Å². The molecule has 0 fully saturated rings. The van der Waals surface area contributed by atoms with Crippen molar-refractivity contribution in [3.63, 3.8) is 0 Å². The molecular weight excluding hydrogens is 366 g/mol. The molecule has 0 bridgehead atoms. The first kappa shape index (κ1) is 21.8. The molecule has 13 nitrogen and oxygen atoms in total. The van der Waals surface area contributed by atoms with E-state index in [1.54, 1.807) is 0 Å². The fourth-order valence-electron chi connectivity index (χ4n) is 1.37. The van der Waals surface area contributed by atoms with Crippen molar-refractivity contribution < 1.29 is 54.1 Å². The summed E-state index contributed by atoms with van der Waals surface area (Å²) in [4.78, 5) is 21.8. The van der Waals surface area contributed by atoms with E-state index in [0.29, 0.717) is 0 Å². The zero-order valence-corrected chi connectivity index (χ0v) is 13.1. The summed E-state index contributed by atoms with van der Waals surface area (Å²) in [5.74, 6) is -0.845. The number of hydrogen-bond acceptors (Lipinski definition) is 10. The van der Waals surface area contributed by atoms with Gasteiger partial charge in [-0.3, -0.25) is 13.9 Å². The van der Waals surface area contributed by atoms with Gasteiger partial charge in [0, 0.05) is 6.92 Å². The molecule has 0 aliphatic carbocycles. The second-order valence-electron chi connectivity index (χ2n) is 4.12. The van der Waals surface area contributed by atoms with Crippen LogP contribution in [0.5, 0.6) is 0 Å². The summed E-state index contributed by atoms with van der Waals surface area (Å²) in [5, 5.41) is 21.1. The molecule has 23 heavy (non-hydrogen) atoms. The smallest absolute Gasteiger partial charge is 0.388 e. The zero-order valence-electron chi connectivity index (χ0n) is 11.5. The molecule has 0 aliphatic rings. The molecular formula is C8H15NO12S2. The Labute approximate surface area is 131 Å². The van der Waals surface area contributed by atoms with Crippen molar-refractivity contribution in [1.82, 2.24) is 5.32 Å². The summed E-state index contributed by atoms with van der Waals surface area (Å²) < 4.78 is 66.9. The lowest BCUT2D eigenvalue weighted by Crippen LogP contribution is -2.55. The molecule has 0 aromatic rings. The largest absolute Gasteiger partial charge is 0.397 e. The van der Waals surface area contributed by atoms with Crippen LogP contribution in [0.3, 0.4) is 0 Å². The number of carbonyl (C=O) groups is 2. The molecule has 0 saturated heterocycles. The van der Waals surface area contributed by atoms with E-state index in [1.165, 1.54) is 0 Å². The second-order valence-corrected chi connectivity index (χ2v) is 6.26. The molecule has 136 valence electrons. The van der Waals surface area contributed by atoms with Gasteiger partial charge >= 0.3 is 20.8 Å². The summed E-state index contributed by atoms with van der Waals surface area (Å²) in [6.07, 6.45) is -6.77. The Morgan fingerprint density at radius 1 is 1.17 bits per heavy atom. The van der Waals surface area contributed by atoms with E-state index in [9.17, 15) is 36.6 Å². The number of carbonyl (C=O) groups excluding carboxylic acids is 2. The van der Waals surface area contributed by atoms with Crippen LogP contribution in [-0.2, 0) is 38.8 Å². The molecule has 0 saturated carbocycles. The van der Waals surface area contributed by atoms with Crippen LogP contribution < -0.4 is 5.32 Å². The summed E-state index contributed by atoms with van der Waals surface area (Å²) in [7, 11) is -10.2. The Morgan fingerprint density at radius 2 is 1.70 bits per heavy atom. The van der Waals surface area contributed by atoms with Gasteiger partial charge in [0.1, 0.15) is 30.6 Å². The second kappa shape index (κ2) is 8.60. The standard InChI is InChI=1S/C8H15NO12S2/c1-4(11)9-5(2-10)8(21-23(17,18)19)7(13)6(12)3-20-22(14,15)16/h2,5-8,12-13H,3H2,1H3,(H,9,11)(H,14,15,16)(H,17,18,19). The number of rotatable bonds is 10. The van der Waals surface area contributed by atoms with E-state index in [2.05, 4.69) is 8.37 Å². The lowest BCUT2D eigenvalue weighted by Gasteiger charge is -2.28. The molecule has 0 radical (unpaired) electrons. The SMILES string of the molecule is CC(=O)NC(C=O)C(OS(=O)(=O)O)C(O)C(O)COS(=O)(=O)O. The average Bonchev–Trinajstić information content (AvgIpc) is 2.36. The van der Waals surface area contributed by atoms with Crippen molar-refractivity contribution in [2.45, 2.75) is 31.3 Å². The fraction of sp³-hybridized carbons (Fsp3) is 0.750. The Morgan fingerprint density at radius 3 is 2.04 bits per heavy atom. The maximum atomic E-state index is 10.9. The van der Waals surface area contributed by atoms with Crippen LogP contribution in [-0.4, -0.2) is 79.3 Å². The van der Waals surface area contributed by atoms with Gasteiger partial charge < -0.3 is 20.3 Å². The molecule has 1 amide bonds. The average molecular weight is 381 g/mol. The highest BCUT2D eigenvalue weighted by Gasteiger charge is 2.38. The minimum atomic E-state index is -5.23. The van der Waals surface area contributed by atoms with Crippen LogP contribution in [0, 0.1) is 0 Å². The van der Waals surface area contributed by atoms with Crippen LogP contribution in [0.4, 0.5) is 0 Å². The number of amides is 1. The van der Waals surface area contributed by atoms with Crippen molar-refractivity contribution in [2.75, 3.05) is 6.61 Å². The predicted octanol–water partition coefficient (Wildman–Crippen LogP) is -3.58. The van der Waals surface area contributed by atoms with E-state index >= 15 is 0 Å². The molecule has 4 unspecified atom stereocenters. The third-order valence-electron chi connectivity index (χ3n) is 2.22. The van der Waals surface area contributed by atoms with Crippen molar-refractivity contribution in [3.05, 3.63) is 0 Å². The van der Waals surface area contributed by atoms with Crippen molar-refractivity contribution in [3.8, 4) is 0 Å². The highest BCUT2D eigenvalue weighted by molar-refractivity contribution is 7.81. The van der Waals surface area contributed by atoms with Gasteiger partial charge in [-0.2, -0.15) is 16.8 Å². The van der Waals surface area contributed by atoms with Crippen molar-refractivity contribution in [2.24, 2.45) is 0 Å². The van der Waals surface area contributed by atoms with Crippen LogP contribution in [0.15, 0.2) is 0 Å². The van der Waals surface area contributed by atoms with E-state index in [1.807, 2.05) is 5.32 Å². The summed E-state index contributed by atoms with van der Waals surface area (Å²) in [6.45, 7) is -0.303. The lowest BCUT2D eigenvalue weighted by atomic mass is 10.0. The van der Waals surface area contributed by atoms with Crippen molar-refractivity contribution in [1.29, 1.82) is 0 Å². The van der Waals surface area contributed by atoms with Crippen LogP contribution in [0.25, 0.3) is 0 Å².